The summed E-state index contributed by atoms with van der Waals surface area (Å²) in [6, 6.07) is 13.3. The Bertz CT molecular complexity index is 1480. The van der Waals surface area contributed by atoms with Gasteiger partial charge in [0.1, 0.15) is 17.5 Å². The van der Waals surface area contributed by atoms with E-state index >= 15 is 0 Å². The lowest BCUT2D eigenvalue weighted by atomic mass is 9.69. The van der Waals surface area contributed by atoms with Crippen LogP contribution in [0.4, 0.5) is 13.2 Å². The molecule has 0 radical (unpaired) electrons. The number of fused-ring (bicyclic) bond motifs is 2. The first-order valence-corrected chi connectivity index (χ1v) is 14.0. The third kappa shape index (κ3) is 5.27. The molecule has 8 nitrogen and oxygen atoms in total. The van der Waals surface area contributed by atoms with Gasteiger partial charge >= 0.3 is 12.1 Å². The summed E-state index contributed by atoms with van der Waals surface area (Å²) in [4.78, 5) is 29.1. The fourth-order valence-corrected chi connectivity index (χ4v) is 6.61. The largest absolute Gasteiger partial charge is 0.490 e. The number of rotatable bonds is 4. The Morgan fingerprint density at radius 2 is 1.80 bits per heavy atom. The van der Waals surface area contributed by atoms with Gasteiger partial charge in [0.25, 0.3) is 5.91 Å². The fraction of sp³-hybridized carbons (Fsp3) is 0.500. The molecule has 11 heteroatoms. The van der Waals surface area contributed by atoms with Crippen LogP contribution >= 0.6 is 0 Å². The summed E-state index contributed by atoms with van der Waals surface area (Å²) in [6.45, 7) is 6.02. The number of ether oxygens (including phenoxy) is 2. The SMILES string of the molecule is CC1(C)Cc2cccc(CN3CCC4(CCN(C(=O)c5n[nH]c6ccccc56)CC4)C(OC(=O)C(F)(F)F)C3)c2O1. The number of hydrogen-bond donors (Lipinski definition) is 1. The molecule has 1 N–H and O–H groups in total. The average molecular weight is 571 g/mol. The molecule has 41 heavy (non-hydrogen) atoms. The minimum atomic E-state index is -5.08. The first-order valence-electron chi connectivity index (χ1n) is 14.0. The zero-order valence-electron chi connectivity index (χ0n) is 23.1. The van der Waals surface area contributed by atoms with Crippen LogP contribution in [0.3, 0.4) is 0 Å². The Morgan fingerprint density at radius 3 is 2.56 bits per heavy atom. The number of esters is 1. The van der Waals surface area contributed by atoms with Gasteiger partial charge in [-0.3, -0.25) is 14.8 Å². The number of benzene rings is 2. The van der Waals surface area contributed by atoms with E-state index in [0.29, 0.717) is 51.1 Å². The van der Waals surface area contributed by atoms with Gasteiger partial charge in [-0.05, 0) is 51.3 Å². The summed E-state index contributed by atoms with van der Waals surface area (Å²) >= 11 is 0. The molecule has 3 aliphatic heterocycles. The van der Waals surface area contributed by atoms with Crippen LogP contribution in [0.25, 0.3) is 10.9 Å². The van der Waals surface area contributed by atoms with E-state index in [-0.39, 0.29) is 18.1 Å². The van der Waals surface area contributed by atoms with E-state index in [1.807, 2.05) is 61.2 Å². The van der Waals surface area contributed by atoms with Gasteiger partial charge in [-0.15, -0.1) is 0 Å². The summed E-state index contributed by atoms with van der Waals surface area (Å²) in [7, 11) is 0. The van der Waals surface area contributed by atoms with Crippen LogP contribution in [0.15, 0.2) is 42.5 Å². The number of H-pyrrole nitrogens is 1. The predicted octanol–water partition coefficient (Wildman–Crippen LogP) is 4.88. The lowest BCUT2D eigenvalue weighted by Crippen LogP contribution is -2.57. The van der Waals surface area contributed by atoms with Crippen molar-refractivity contribution in [3.05, 3.63) is 59.3 Å². The van der Waals surface area contributed by atoms with Crippen molar-refractivity contribution in [2.24, 2.45) is 5.41 Å². The number of para-hydroxylation sites is 2. The predicted molar refractivity (Wildman–Crippen MR) is 144 cm³/mol. The number of nitrogens with zero attached hydrogens (tertiary/aromatic N) is 3. The van der Waals surface area contributed by atoms with Gasteiger partial charge in [0.05, 0.1) is 5.52 Å². The molecule has 1 amide bonds. The molecular weight excluding hydrogens is 537 g/mol. The Balaban J connectivity index is 1.18. The van der Waals surface area contributed by atoms with Crippen molar-refractivity contribution in [3.63, 3.8) is 0 Å². The smallest absolute Gasteiger partial charge is 0.487 e. The first kappa shape index (κ1) is 27.6. The topological polar surface area (TPSA) is 87.8 Å². The zero-order chi connectivity index (χ0) is 29.0. The minimum Gasteiger partial charge on any atom is -0.487 e. The highest BCUT2D eigenvalue weighted by molar-refractivity contribution is 6.04. The normalized spacial score (nSPS) is 22.0. The van der Waals surface area contributed by atoms with Gasteiger partial charge in [0, 0.05) is 49.0 Å². The lowest BCUT2D eigenvalue weighted by Gasteiger charge is -2.50. The third-order valence-corrected chi connectivity index (χ3v) is 8.80. The molecule has 1 atom stereocenters. The van der Waals surface area contributed by atoms with E-state index in [4.69, 9.17) is 9.47 Å². The number of halogens is 3. The number of carbonyl (C=O) groups excluding carboxylic acids is 2. The van der Waals surface area contributed by atoms with E-state index in [0.717, 1.165) is 34.2 Å². The molecule has 6 rings (SSSR count). The van der Waals surface area contributed by atoms with Crippen molar-refractivity contribution in [2.45, 2.75) is 64.0 Å². The molecule has 2 aromatic carbocycles. The number of nitrogens with one attached hydrogen (secondary N) is 1. The second-order valence-corrected chi connectivity index (χ2v) is 12.1. The van der Waals surface area contributed by atoms with Crippen LogP contribution in [0.1, 0.15) is 54.7 Å². The maximum absolute atomic E-state index is 13.3. The third-order valence-electron chi connectivity index (χ3n) is 8.80. The summed E-state index contributed by atoms with van der Waals surface area (Å²) in [5, 5.41) is 7.81. The van der Waals surface area contributed by atoms with Gasteiger partial charge in [0.2, 0.25) is 0 Å². The number of aromatic nitrogens is 2. The molecule has 3 aliphatic rings. The van der Waals surface area contributed by atoms with Crippen molar-refractivity contribution in [3.8, 4) is 5.75 Å². The van der Waals surface area contributed by atoms with E-state index in [9.17, 15) is 22.8 Å². The minimum absolute atomic E-state index is 0.173. The van der Waals surface area contributed by atoms with Crippen LogP contribution in [0, 0.1) is 5.41 Å². The Labute approximate surface area is 235 Å². The highest BCUT2D eigenvalue weighted by atomic mass is 19.4. The molecule has 3 aromatic rings. The quantitative estimate of drug-likeness (QED) is 0.450. The molecule has 4 heterocycles. The molecule has 0 bridgehead atoms. The van der Waals surface area contributed by atoms with Crippen LogP contribution in [-0.4, -0.2) is 75.9 Å². The van der Waals surface area contributed by atoms with E-state index < -0.39 is 23.7 Å². The highest BCUT2D eigenvalue weighted by Crippen LogP contribution is 2.45. The highest BCUT2D eigenvalue weighted by Gasteiger charge is 2.51. The molecule has 218 valence electrons. The lowest BCUT2D eigenvalue weighted by molar-refractivity contribution is -0.216. The number of piperidine rings is 2. The van der Waals surface area contributed by atoms with Crippen molar-refractivity contribution in [2.75, 3.05) is 26.2 Å². The maximum atomic E-state index is 13.3. The molecule has 1 aromatic heterocycles. The van der Waals surface area contributed by atoms with Gasteiger partial charge in [-0.1, -0.05) is 36.4 Å². The van der Waals surface area contributed by atoms with Crippen molar-refractivity contribution in [1.82, 2.24) is 20.0 Å². The maximum Gasteiger partial charge on any atom is 0.490 e. The number of alkyl halides is 3. The van der Waals surface area contributed by atoms with E-state index in [2.05, 4.69) is 10.2 Å². The van der Waals surface area contributed by atoms with Crippen LogP contribution in [0.2, 0.25) is 0 Å². The molecule has 1 unspecified atom stereocenters. The van der Waals surface area contributed by atoms with Crippen molar-refractivity contribution < 1.29 is 32.2 Å². The number of amides is 1. The first-order chi connectivity index (χ1) is 19.4. The Morgan fingerprint density at radius 1 is 1.07 bits per heavy atom. The number of hydrogen-bond acceptors (Lipinski definition) is 6. The second kappa shape index (κ2) is 10.0. The van der Waals surface area contributed by atoms with Crippen molar-refractivity contribution >= 4 is 22.8 Å². The molecule has 2 fully saturated rings. The zero-order valence-corrected chi connectivity index (χ0v) is 23.1. The number of aromatic amines is 1. The van der Waals surface area contributed by atoms with Gasteiger partial charge in [0.15, 0.2) is 5.69 Å². The van der Waals surface area contributed by atoms with Gasteiger partial charge < -0.3 is 14.4 Å². The van der Waals surface area contributed by atoms with Gasteiger partial charge in [-0.25, -0.2) is 4.79 Å². The van der Waals surface area contributed by atoms with E-state index in [1.54, 1.807) is 4.90 Å². The summed E-state index contributed by atoms with van der Waals surface area (Å²) < 4.78 is 51.3. The molecule has 0 saturated carbocycles. The van der Waals surface area contributed by atoms with Crippen LogP contribution < -0.4 is 4.74 Å². The number of likely N-dealkylation sites (tertiary alicyclic amines) is 2. The molecule has 2 saturated heterocycles. The molecule has 0 aliphatic carbocycles. The number of carbonyl (C=O) groups is 2. The van der Waals surface area contributed by atoms with Crippen LogP contribution in [0.5, 0.6) is 5.75 Å². The molecule has 1 spiro atoms. The van der Waals surface area contributed by atoms with E-state index in [1.165, 1.54) is 0 Å². The Kier molecular flexibility index (Phi) is 6.75. The fourth-order valence-electron chi connectivity index (χ4n) is 6.61. The monoisotopic (exact) mass is 570 g/mol. The van der Waals surface area contributed by atoms with Crippen molar-refractivity contribution in [1.29, 1.82) is 0 Å². The van der Waals surface area contributed by atoms with Gasteiger partial charge in [-0.2, -0.15) is 18.3 Å². The second-order valence-electron chi connectivity index (χ2n) is 12.1. The average Bonchev–Trinajstić information content (AvgIpc) is 3.50. The Hall–Kier alpha value is -3.60. The standard InChI is InChI=1S/C30H33F3N4O4/c1-28(2)16-19-6-5-7-20(25(19)41-28)17-36-13-10-29(23(18-36)40-27(39)30(31,32)33)11-14-37(15-12-29)26(38)24-21-8-3-4-9-22(21)34-35-24/h3-9,23H,10-18H2,1-2H3,(H,34,35). The summed E-state index contributed by atoms with van der Waals surface area (Å²) in [5.74, 6) is -1.56. The summed E-state index contributed by atoms with van der Waals surface area (Å²) in [6.07, 6.45) is -3.83. The van der Waals surface area contributed by atoms with Crippen LogP contribution in [-0.2, 0) is 22.5 Å². The summed E-state index contributed by atoms with van der Waals surface area (Å²) in [5.41, 5.74) is 2.20. The molecular formula is C30H33F3N4O4.